The Morgan fingerprint density at radius 2 is 2.21 bits per heavy atom. The Labute approximate surface area is 142 Å². The molecule has 1 fully saturated rings. The van der Waals surface area contributed by atoms with Gasteiger partial charge in [-0.1, -0.05) is 17.8 Å². The summed E-state index contributed by atoms with van der Waals surface area (Å²) in [6.45, 7) is 2.80. The van der Waals surface area contributed by atoms with Gasteiger partial charge in [0.05, 0.1) is 4.92 Å². The van der Waals surface area contributed by atoms with Crippen molar-refractivity contribution in [3.05, 3.63) is 45.3 Å². The summed E-state index contributed by atoms with van der Waals surface area (Å²) in [5.41, 5.74) is 5.73. The molecule has 1 aromatic heterocycles. The average molecular weight is 347 g/mol. The predicted octanol–water partition coefficient (Wildman–Crippen LogP) is 2.47. The zero-order chi connectivity index (χ0) is 17.3. The number of primary amides is 1. The molecule has 0 unspecified atom stereocenters. The van der Waals surface area contributed by atoms with Crippen molar-refractivity contribution in [2.24, 2.45) is 5.73 Å². The Morgan fingerprint density at radius 1 is 1.46 bits per heavy atom. The van der Waals surface area contributed by atoms with Crippen LogP contribution in [-0.2, 0) is 12.3 Å². The summed E-state index contributed by atoms with van der Waals surface area (Å²) in [4.78, 5) is 21.9. The Kier molecular flexibility index (Phi) is 4.52. The van der Waals surface area contributed by atoms with E-state index in [2.05, 4.69) is 14.8 Å². The summed E-state index contributed by atoms with van der Waals surface area (Å²) < 4.78 is 2.06. The number of hydrogen-bond donors (Lipinski definition) is 1. The van der Waals surface area contributed by atoms with Gasteiger partial charge in [0.25, 0.3) is 5.69 Å². The number of hydrogen-bond acceptors (Lipinski definition) is 6. The van der Waals surface area contributed by atoms with E-state index >= 15 is 0 Å². The first-order chi connectivity index (χ1) is 11.5. The highest BCUT2D eigenvalue weighted by molar-refractivity contribution is 7.98. The maximum atomic E-state index is 11.2. The van der Waals surface area contributed by atoms with Gasteiger partial charge < -0.3 is 10.3 Å². The summed E-state index contributed by atoms with van der Waals surface area (Å²) in [5.74, 6) is 1.18. The zero-order valence-corrected chi connectivity index (χ0v) is 14.0. The van der Waals surface area contributed by atoms with Crippen LogP contribution in [0.15, 0.2) is 23.4 Å². The molecule has 126 valence electrons. The van der Waals surface area contributed by atoms with Crippen molar-refractivity contribution in [3.63, 3.8) is 0 Å². The lowest BCUT2D eigenvalue weighted by Crippen LogP contribution is -2.11. The van der Waals surface area contributed by atoms with Crippen molar-refractivity contribution in [3.8, 4) is 0 Å². The lowest BCUT2D eigenvalue weighted by atomic mass is 10.1. The molecule has 1 heterocycles. The molecule has 1 aromatic carbocycles. The minimum atomic E-state index is -0.683. The van der Waals surface area contributed by atoms with E-state index in [1.807, 2.05) is 6.92 Å². The van der Waals surface area contributed by atoms with Crippen LogP contribution in [0.5, 0.6) is 0 Å². The fourth-order valence-corrected chi connectivity index (χ4v) is 3.50. The fourth-order valence-electron chi connectivity index (χ4n) is 2.50. The largest absolute Gasteiger partial charge is 0.366 e. The van der Waals surface area contributed by atoms with E-state index in [0.717, 1.165) is 30.4 Å². The van der Waals surface area contributed by atoms with Gasteiger partial charge in [-0.15, -0.1) is 10.2 Å². The summed E-state index contributed by atoms with van der Waals surface area (Å²) in [6.07, 6.45) is 2.28. The van der Waals surface area contributed by atoms with Crippen molar-refractivity contribution in [2.75, 3.05) is 0 Å². The molecular formula is C15H17N5O3S. The molecule has 1 amide bonds. The Morgan fingerprint density at radius 3 is 2.79 bits per heavy atom. The van der Waals surface area contributed by atoms with Gasteiger partial charge in [0.2, 0.25) is 5.91 Å². The number of carbonyl (C=O) groups is 1. The van der Waals surface area contributed by atoms with Crippen LogP contribution in [0.1, 0.15) is 47.4 Å². The molecule has 3 rings (SSSR count). The van der Waals surface area contributed by atoms with Gasteiger partial charge in [0.1, 0.15) is 5.82 Å². The molecule has 0 bridgehead atoms. The highest BCUT2D eigenvalue weighted by atomic mass is 32.2. The molecule has 0 spiro atoms. The van der Waals surface area contributed by atoms with E-state index in [1.54, 1.807) is 6.07 Å². The van der Waals surface area contributed by atoms with E-state index in [0.29, 0.717) is 17.2 Å². The van der Waals surface area contributed by atoms with Crippen molar-refractivity contribution < 1.29 is 9.72 Å². The first-order valence-electron chi connectivity index (χ1n) is 7.64. The van der Waals surface area contributed by atoms with Gasteiger partial charge in [-0.2, -0.15) is 0 Å². The molecule has 24 heavy (non-hydrogen) atoms. The van der Waals surface area contributed by atoms with Gasteiger partial charge in [0, 0.05) is 35.4 Å². The highest BCUT2D eigenvalue weighted by Gasteiger charge is 2.30. The van der Waals surface area contributed by atoms with Crippen LogP contribution < -0.4 is 5.73 Å². The molecule has 0 saturated heterocycles. The Bertz CT molecular complexity index is 800. The molecular weight excluding hydrogens is 330 g/mol. The Balaban J connectivity index is 1.81. The zero-order valence-electron chi connectivity index (χ0n) is 13.1. The van der Waals surface area contributed by atoms with Crippen LogP contribution in [0.2, 0.25) is 0 Å². The second kappa shape index (κ2) is 6.60. The minimum Gasteiger partial charge on any atom is -0.366 e. The SMILES string of the molecule is CCn1c(SCc2ccc(C(N)=O)cc2[N+](=O)[O-])nnc1C1CC1. The molecule has 9 heteroatoms. The number of carbonyl (C=O) groups excluding carboxylic acids is 1. The molecule has 0 radical (unpaired) electrons. The number of nitrogens with zero attached hydrogens (tertiary/aromatic N) is 4. The molecule has 0 aliphatic heterocycles. The first-order valence-corrected chi connectivity index (χ1v) is 8.62. The van der Waals surface area contributed by atoms with E-state index in [-0.39, 0.29) is 11.3 Å². The second-order valence-corrected chi connectivity index (χ2v) is 6.56. The van der Waals surface area contributed by atoms with Gasteiger partial charge in [0.15, 0.2) is 5.16 Å². The van der Waals surface area contributed by atoms with E-state index < -0.39 is 10.8 Å². The topological polar surface area (TPSA) is 117 Å². The van der Waals surface area contributed by atoms with Crippen LogP contribution in [-0.4, -0.2) is 25.6 Å². The number of rotatable bonds is 7. The van der Waals surface area contributed by atoms with Crippen molar-refractivity contribution in [2.45, 2.75) is 43.1 Å². The summed E-state index contributed by atoms with van der Waals surface area (Å²) in [7, 11) is 0. The van der Waals surface area contributed by atoms with Crippen LogP contribution in [0.3, 0.4) is 0 Å². The molecule has 0 atom stereocenters. The summed E-state index contributed by atoms with van der Waals surface area (Å²) in [6, 6.07) is 4.30. The van der Waals surface area contributed by atoms with Gasteiger partial charge >= 0.3 is 0 Å². The number of aromatic nitrogens is 3. The number of nitrogens with two attached hydrogens (primary N) is 1. The number of nitro groups is 1. The molecule has 2 N–H and O–H groups in total. The second-order valence-electron chi connectivity index (χ2n) is 5.61. The number of benzene rings is 1. The lowest BCUT2D eigenvalue weighted by Gasteiger charge is -2.07. The normalized spacial score (nSPS) is 13.9. The maximum absolute atomic E-state index is 11.2. The van der Waals surface area contributed by atoms with Crippen molar-refractivity contribution >= 4 is 23.4 Å². The molecule has 2 aromatic rings. The molecule has 8 nitrogen and oxygen atoms in total. The summed E-state index contributed by atoms with van der Waals surface area (Å²) in [5, 5.41) is 20.5. The summed E-state index contributed by atoms with van der Waals surface area (Å²) >= 11 is 1.41. The fraction of sp³-hybridized carbons (Fsp3) is 0.400. The van der Waals surface area contributed by atoms with Gasteiger partial charge in [-0.3, -0.25) is 14.9 Å². The first kappa shape index (κ1) is 16.4. The third kappa shape index (κ3) is 3.25. The highest BCUT2D eigenvalue weighted by Crippen LogP contribution is 2.40. The third-order valence-electron chi connectivity index (χ3n) is 3.93. The number of nitro benzene ring substituents is 1. The van der Waals surface area contributed by atoms with Crippen LogP contribution >= 0.6 is 11.8 Å². The quantitative estimate of drug-likeness (QED) is 0.467. The van der Waals surface area contributed by atoms with E-state index in [1.165, 1.54) is 23.9 Å². The van der Waals surface area contributed by atoms with E-state index in [4.69, 9.17) is 5.73 Å². The monoisotopic (exact) mass is 347 g/mol. The standard InChI is InChI=1S/C15H17N5O3S/c1-2-19-14(9-3-4-9)17-18-15(19)24-8-11-6-5-10(13(16)21)7-12(11)20(22)23/h5-7,9H,2-4,8H2,1H3,(H2,16,21). The van der Waals surface area contributed by atoms with Crippen LogP contribution in [0.25, 0.3) is 0 Å². The molecule has 1 aliphatic rings. The van der Waals surface area contributed by atoms with E-state index in [9.17, 15) is 14.9 Å². The number of amides is 1. The van der Waals surface area contributed by atoms with Crippen molar-refractivity contribution in [1.29, 1.82) is 0 Å². The average Bonchev–Trinajstić information content (AvgIpc) is 3.32. The van der Waals surface area contributed by atoms with Crippen LogP contribution in [0.4, 0.5) is 5.69 Å². The Hall–Kier alpha value is -2.42. The maximum Gasteiger partial charge on any atom is 0.274 e. The lowest BCUT2D eigenvalue weighted by molar-refractivity contribution is -0.385. The predicted molar refractivity (Wildman–Crippen MR) is 88.8 cm³/mol. The van der Waals surface area contributed by atoms with Crippen molar-refractivity contribution in [1.82, 2.24) is 14.8 Å². The molecule has 1 aliphatic carbocycles. The van der Waals surface area contributed by atoms with Gasteiger partial charge in [-0.05, 0) is 25.8 Å². The number of thioether (sulfide) groups is 1. The minimum absolute atomic E-state index is 0.108. The van der Waals surface area contributed by atoms with Crippen LogP contribution in [0, 0.1) is 10.1 Å². The smallest absolute Gasteiger partial charge is 0.274 e. The molecule has 1 saturated carbocycles. The van der Waals surface area contributed by atoms with Gasteiger partial charge in [-0.25, -0.2) is 0 Å². The third-order valence-corrected chi connectivity index (χ3v) is 4.94.